The van der Waals surface area contributed by atoms with E-state index in [0.29, 0.717) is 6.54 Å². The van der Waals surface area contributed by atoms with Gasteiger partial charge in [-0.05, 0) is 42.2 Å². The minimum Gasteiger partial charge on any atom is -0.496 e. The van der Waals surface area contributed by atoms with E-state index in [4.69, 9.17) is 10.5 Å². The number of hydrogen-bond acceptors (Lipinski definition) is 2. The Kier molecular flexibility index (Phi) is 4.23. The first-order chi connectivity index (χ1) is 9.13. The molecule has 2 heteroatoms. The normalized spacial score (nSPS) is 10.5. The van der Waals surface area contributed by atoms with Crippen LogP contribution in [0.5, 0.6) is 5.75 Å². The quantitative estimate of drug-likeness (QED) is 0.909. The Balaban J connectivity index is 2.37. The predicted molar refractivity (Wildman–Crippen MR) is 79.6 cm³/mol. The molecular formula is C17H21NO. The summed E-state index contributed by atoms with van der Waals surface area (Å²) in [5.41, 5.74) is 11.9. The molecule has 0 heterocycles. The van der Waals surface area contributed by atoms with Crippen LogP contribution < -0.4 is 10.5 Å². The van der Waals surface area contributed by atoms with Gasteiger partial charge in [0.1, 0.15) is 5.75 Å². The molecule has 2 aromatic carbocycles. The average Bonchev–Trinajstić information content (AvgIpc) is 2.41. The third-order valence-corrected chi connectivity index (χ3v) is 3.40. The van der Waals surface area contributed by atoms with Crippen molar-refractivity contribution in [3.8, 4) is 5.75 Å². The number of methoxy groups -OCH3 is 1. The van der Waals surface area contributed by atoms with Gasteiger partial charge in [0.25, 0.3) is 0 Å². The molecule has 0 bridgehead atoms. The molecule has 2 N–H and O–H groups in total. The number of aryl methyl sites for hydroxylation is 2. The van der Waals surface area contributed by atoms with Gasteiger partial charge in [-0.25, -0.2) is 0 Å². The highest BCUT2D eigenvalue weighted by atomic mass is 16.5. The lowest BCUT2D eigenvalue weighted by Gasteiger charge is -2.13. The van der Waals surface area contributed by atoms with Gasteiger partial charge in [0, 0.05) is 18.5 Å². The summed E-state index contributed by atoms with van der Waals surface area (Å²) in [6, 6.07) is 12.7. The second-order valence-corrected chi connectivity index (χ2v) is 4.96. The van der Waals surface area contributed by atoms with Crippen molar-refractivity contribution in [3.05, 3.63) is 64.2 Å². The molecule has 2 rings (SSSR count). The average molecular weight is 255 g/mol. The minimum absolute atomic E-state index is 0.581. The van der Waals surface area contributed by atoms with E-state index in [9.17, 15) is 0 Å². The fourth-order valence-corrected chi connectivity index (χ4v) is 2.44. The maximum Gasteiger partial charge on any atom is 0.122 e. The molecule has 0 saturated carbocycles. The third-order valence-electron chi connectivity index (χ3n) is 3.40. The Hall–Kier alpha value is -1.80. The number of hydrogen-bond donors (Lipinski definition) is 1. The van der Waals surface area contributed by atoms with E-state index in [1.54, 1.807) is 7.11 Å². The maximum atomic E-state index is 5.69. The van der Waals surface area contributed by atoms with Gasteiger partial charge in [0.15, 0.2) is 0 Å². The van der Waals surface area contributed by atoms with Crippen molar-refractivity contribution in [2.75, 3.05) is 7.11 Å². The van der Waals surface area contributed by atoms with Gasteiger partial charge in [-0.3, -0.25) is 0 Å². The predicted octanol–water partition coefficient (Wildman–Crippen LogP) is 3.36. The molecule has 0 spiro atoms. The summed E-state index contributed by atoms with van der Waals surface area (Å²) in [6.07, 6.45) is 0.878. The largest absolute Gasteiger partial charge is 0.496 e. The summed E-state index contributed by atoms with van der Waals surface area (Å²) in [6.45, 7) is 4.81. The number of nitrogens with two attached hydrogens (primary N) is 1. The van der Waals surface area contributed by atoms with Crippen LogP contribution in [-0.2, 0) is 13.0 Å². The molecule has 0 radical (unpaired) electrons. The SMILES string of the molecule is COc1cc(C)cc(C)c1Cc1cccc(CN)c1. The van der Waals surface area contributed by atoms with Crippen LogP contribution in [0, 0.1) is 13.8 Å². The van der Waals surface area contributed by atoms with Crippen molar-refractivity contribution in [2.24, 2.45) is 5.73 Å². The smallest absolute Gasteiger partial charge is 0.122 e. The highest BCUT2D eigenvalue weighted by Crippen LogP contribution is 2.27. The maximum absolute atomic E-state index is 5.69. The molecule has 2 nitrogen and oxygen atoms in total. The molecule has 0 aliphatic rings. The molecule has 2 aromatic rings. The van der Waals surface area contributed by atoms with E-state index in [1.165, 1.54) is 27.8 Å². The molecule has 0 aliphatic heterocycles. The Morgan fingerprint density at radius 3 is 2.47 bits per heavy atom. The summed E-state index contributed by atoms with van der Waals surface area (Å²) < 4.78 is 5.51. The minimum atomic E-state index is 0.581. The van der Waals surface area contributed by atoms with Crippen LogP contribution in [0.4, 0.5) is 0 Å². The molecule has 0 unspecified atom stereocenters. The molecule has 100 valence electrons. The van der Waals surface area contributed by atoms with E-state index in [1.807, 2.05) is 0 Å². The van der Waals surface area contributed by atoms with Gasteiger partial charge in [-0.15, -0.1) is 0 Å². The lowest BCUT2D eigenvalue weighted by molar-refractivity contribution is 0.410. The van der Waals surface area contributed by atoms with Crippen LogP contribution in [0.1, 0.15) is 27.8 Å². The summed E-state index contributed by atoms with van der Waals surface area (Å²) in [4.78, 5) is 0. The standard InChI is InChI=1S/C17H21NO/c1-12-7-13(2)16(17(8-12)19-3)10-14-5-4-6-15(9-14)11-18/h4-9H,10-11,18H2,1-3H3. The fraction of sp³-hybridized carbons (Fsp3) is 0.294. The van der Waals surface area contributed by atoms with E-state index < -0.39 is 0 Å². The zero-order valence-electron chi connectivity index (χ0n) is 11.9. The van der Waals surface area contributed by atoms with Crippen molar-refractivity contribution in [3.63, 3.8) is 0 Å². The number of rotatable bonds is 4. The van der Waals surface area contributed by atoms with Gasteiger partial charge in [0.05, 0.1) is 7.11 Å². The van der Waals surface area contributed by atoms with E-state index in [-0.39, 0.29) is 0 Å². The third kappa shape index (κ3) is 3.15. The van der Waals surface area contributed by atoms with Crippen molar-refractivity contribution < 1.29 is 4.74 Å². The van der Waals surface area contributed by atoms with Crippen LogP contribution in [0.2, 0.25) is 0 Å². The Morgan fingerprint density at radius 1 is 1.05 bits per heavy atom. The highest BCUT2D eigenvalue weighted by molar-refractivity contribution is 5.46. The highest BCUT2D eigenvalue weighted by Gasteiger charge is 2.08. The topological polar surface area (TPSA) is 35.2 Å². The Morgan fingerprint density at radius 2 is 1.79 bits per heavy atom. The summed E-state index contributed by atoms with van der Waals surface area (Å²) in [7, 11) is 1.73. The van der Waals surface area contributed by atoms with E-state index >= 15 is 0 Å². The zero-order valence-corrected chi connectivity index (χ0v) is 11.9. The van der Waals surface area contributed by atoms with Gasteiger partial charge in [0.2, 0.25) is 0 Å². The first kappa shape index (κ1) is 13.6. The second kappa shape index (κ2) is 5.89. The second-order valence-electron chi connectivity index (χ2n) is 4.96. The molecule has 0 saturated heterocycles. The first-order valence-corrected chi connectivity index (χ1v) is 6.56. The molecule has 0 amide bonds. The Labute approximate surface area is 115 Å². The molecule has 0 fully saturated rings. The van der Waals surface area contributed by atoms with Crippen molar-refractivity contribution in [1.82, 2.24) is 0 Å². The first-order valence-electron chi connectivity index (χ1n) is 6.56. The molecule has 0 atom stereocenters. The van der Waals surface area contributed by atoms with Crippen LogP contribution in [0.15, 0.2) is 36.4 Å². The molecule has 19 heavy (non-hydrogen) atoms. The van der Waals surface area contributed by atoms with Crippen LogP contribution in [0.3, 0.4) is 0 Å². The van der Waals surface area contributed by atoms with Crippen molar-refractivity contribution in [2.45, 2.75) is 26.8 Å². The van der Waals surface area contributed by atoms with Crippen LogP contribution in [-0.4, -0.2) is 7.11 Å². The van der Waals surface area contributed by atoms with E-state index in [2.05, 4.69) is 50.2 Å². The van der Waals surface area contributed by atoms with Gasteiger partial charge in [-0.1, -0.05) is 30.3 Å². The van der Waals surface area contributed by atoms with Crippen LogP contribution in [0.25, 0.3) is 0 Å². The lowest BCUT2D eigenvalue weighted by atomic mass is 9.97. The Bertz CT molecular complexity index is 575. The summed E-state index contributed by atoms with van der Waals surface area (Å²) >= 11 is 0. The molecular weight excluding hydrogens is 234 g/mol. The van der Waals surface area contributed by atoms with Crippen LogP contribution >= 0.6 is 0 Å². The molecule has 0 aromatic heterocycles. The molecule has 0 aliphatic carbocycles. The number of ether oxygens (including phenoxy) is 1. The van der Waals surface area contributed by atoms with Crippen molar-refractivity contribution in [1.29, 1.82) is 0 Å². The van der Waals surface area contributed by atoms with Crippen molar-refractivity contribution >= 4 is 0 Å². The van der Waals surface area contributed by atoms with Gasteiger partial charge in [-0.2, -0.15) is 0 Å². The zero-order chi connectivity index (χ0) is 13.8. The fourth-order valence-electron chi connectivity index (χ4n) is 2.44. The number of benzene rings is 2. The summed E-state index contributed by atoms with van der Waals surface area (Å²) in [5.74, 6) is 0.968. The van der Waals surface area contributed by atoms with E-state index in [0.717, 1.165) is 12.2 Å². The van der Waals surface area contributed by atoms with Gasteiger partial charge < -0.3 is 10.5 Å². The lowest BCUT2D eigenvalue weighted by Crippen LogP contribution is -2.00. The summed E-state index contributed by atoms with van der Waals surface area (Å²) in [5, 5.41) is 0. The van der Waals surface area contributed by atoms with Gasteiger partial charge >= 0.3 is 0 Å². The monoisotopic (exact) mass is 255 g/mol.